The van der Waals surface area contributed by atoms with Crippen molar-refractivity contribution in [3.05, 3.63) is 87.7 Å². The topological polar surface area (TPSA) is 51.9 Å². The minimum atomic E-state index is -0.410. The number of hydrogen-bond acceptors (Lipinski definition) is 5. The summed E-state index contributed by atoms with van der Waals surface area (Å²) < 4.78 is 16.9. The molecule has 1 aliphatic rings. The van der Waals surface area contributed by atoms with Gasteiger partial charge >= 0.3 is 5.63 Å². The number of methoxy groups -OCH3 is 1. The van der Waals surface area contributed by atoms with Gasteiger partial charge in [-0.3, -0.25) is 0 Å². The molecule has 6 heteroatoms. The van der Waals surface area contributed by atoms with E-state index in [1.54, 1.807) is 7.11 Å². The van der Waals surface area contributed by atoms with E-state index >= 15 is 0 Å². The Morgan fingerprint density at radius 2 is 1.80 bits per heavy atom. The van der Waals surface area contributed by atoms with Gasteiger partial charge in [0.15, 0.2) is 6.73 Å². The highest BCUT2D eigenvalue weighted by Gasteiger charge is 2.26. The van der Waals surface area contributed by atoms with E-state index in [2.05, 4.69) is 0 Å². The summed E-state index contributed by atoms with van der Waals surface area (Å²) in [6, 6.07) is 20.8. The third-order valence-electron chi connectivity index (χ3n) is 5.27. The maximum Gasteiger partial charge on any atom is 0.336 e. The lowest BCUT2D eigenvalue weighted by Crippen LogP contribution is -2.32. The molecule has 30 heavy (non-hydrogen) atoms. The third kappa shape index (κ3) is 3.17. The van der Waals surface area contributed by atoms with E-state index in [0.717, 1.165) is 33.5 Å². The molecule has 4 aromatic rings. The summed E-state index contributed by atoms with van der Waals surface area (Å²) in [5.41, 5.74) is 3.53. The van der Waals surface area contributed by atoms with Crippen LogP contribution in [0.3, 0.4) is 0 Å². The average Bonchev–Trinajstić information content (AvgIpc) is 2.80. The molecule has 0 spiro atoms. The lowest BCUT2D eigenvalue weighted by atomic mass is 9.99. The lowest BCUT2D eigenvalue weighted by molar-refractivity contribution is 0.289. The highest BCUT2D eigenvalue weighted by atomic mass is 35.5. The minimum absolute atomic E-state index is 0.340. The number of anilines is 1. The van der Waals surface area contributed by atoms with E-state index in [0.29, 0.717) is 29.6 Å². The standard InChI is InChI=1S/C24H18ClNO4/c1-28-17-9-7-16(8-10-17)26-13-20-23-19(11-21(25)24(20)29-14-26)18(12-22(27)30-23)15-5-3-2-4-6-15/h2-12H,13-14H2,1H3. The van der Waals surface area contributed by atoms with Crippen molar-refractivity contribution in [2.24, 2.45) is 0 Å². The van der Waals surface area contributed by atoms with Gasteiger partial charge in [0.2, 0.25) is 0 Å². The molecule has 1 aromatic heterocycles. The summed E-state index contributed by atoms with van der Waals surface area (Å²) >= 11 is 6.57. The molecule has 0 saturated carbocycles. The van der Waals surface area contributed by atoms with Crippen molar-refractivity contribution in [1.82, 2.24) is 0 Å². The van der Waals surface area contributed by atoms with Crippen LogP contribution in [0.5, 0.6) is 11.5 Å². The van der Waals surface area contributed by atoms with Crippen molar-refractivity contribution < 1.29 is 13.9 Å². The first-order valence-corrected chi connectivity index (χ1v) is 9.88. The number of halogens is 1. The van der Waals surface area contributed by atoms with Crippen LogP contribution in [0.25, 0.3) is 22.1 Å². The van der Waals surface area contributed by atoms with E-state index in [4.69, 9.17) is 25.5 Å². The number of rotatable bonds is 3. The normalized spacial score (nSPS) is 13.1. The molecular formula is C24H18ClNO4. The molecule has 150 valence electrons. The molecule has 0 N–H and O–H groups in total. The van der Waals surface area contributed by atoms with Gasteiger partial charge in [-0.2, -0.15) is 0 Å². The van der Waals surface area contributed by atoms with Gasteiger partial charge < -0.3 is 18.8 Å². The zero-order chi connectivity index (χ0) is 20.7. The summed E-state index contributed by atoms with van der Waals surface area (Å²) in [5, 5.41) is 1.28. The third-order valence-corrected chi connectivity index (χ3v) is 5.55. The molecule has 0 radical (unpaired) electrons. The zero-order valence-electron chi connectivity index (χ0n) is 16.2. The first-order valence-electron chi connectivity index (χ1n) is 9.50. The highest BCUT2D eigenvalue weighted by molar-refractivity contribution is 6.33. The van der Waals surface area contributed by atoms with Gasteiger partial charge in [0.05, 0.1) is 24.2 Å². The fraction of sp³-hybridized carbons (Fsp3) is 0.125. The van der Waals surface area contributed by atoms with Crippen LogP contribution in [0.4, 0.5) is 5.69 Å². The van der Waals surface area contributed by atoms with Crippen LogP contribution in [0.1, 0.15) is 5.56 Å². The first kappa shape index (κ1) is 18.6. The largest absolute Gasteiger partial charge is 0.497 e. The molecule has 0 atom stereocenters. The Bertz CT molecular complexity index is 1280. The SMILES string of the molecule is COc1ccc(N2COc3c(Cl)cc4c(-c5ccccc5)cc(=O)oc4c3C2)cc1. The fourth-order valence-corrected chi connectivity index (χ4v) is 4.08. The van der Waals surface area contributed by atoms with Crippen molar-refractivity contribution in [3.8, 4) is 22.6 Å². The van der Waals surface area contributed by atoms with Crippen LogP contribution in [0.15, 0.2) is 75.9 Å². The van der Waals surface area contributed by atoms with Crippen LogP contribution in [0, 0.1) is 0 Å². The lowest BCUT2D eigenvalue weighted by Gasteiger charge is -2.31. The Hall–Kier alpha value is -3.44. The van der Waals surface area contributed by atoms with Crippen molar-refractivity contribution in [2.75, 3.05) is 18.7 Å². The summed E-state index contributed by atoms with van der Waals surface area (Å²) in [6.07, 6.45) is 0. The Labute approximate surface area is 178 Å². The van der Waals surface area contributed by atoms with Gasteiger partial charge in [0, 0.05) is 17.1 Å². The van der Waals surface area contributed by atoms with Crippen LogP contribution < -0.4 is 20.0 Å². The zero-order valence-corrected chi connectivity index (χ0v) is 17.0. The number of nitrogens with zero attached hydrogens (tertiary/aromatic N) is 1. The van der Waals surface area contributed by atoms with Gasteiger partial charge in [0.25, 0.3) is 0 Å². The predicted octanol–water partition coefficient (Wildman–Crippen LogP) is 5.48. The van der Waals surface area contributed by atoms with Crippen LogP contribution in [-0.2, 0) is 6.54 Å². The van der Waals surface area contributed by atoms with E-state index in [1.165, 1.54) is 6.07 Å². The summed E-state index contributed by atoms with van der Waals surface area (Å²) in [5.74, 6) is 1.34. The molecule has 5 nitrogen and oxygen atoms in total. The molecule has 0 fully saturated rings. The van der Waals surface area contributed by atoms with E-state index in [9.17, 15) is 4.79 Å². The monoisotopic (exact) mass is 419 g/mol. The number of benzene rings is 3. The van der Waals surface area contributed by atoms with Crippen molar-refractivity contribution >= 4 is 28.3 Å². The summed E-state index contributed by atoms with van der Waals surface area (Å²) in [4.78, 5) is 14.5. The van der Waals surface area contributed by atoms with Gasteiger partial charge in [-0.05, 0) is 41.5 Å². The Morgan fingerprint density at radius 1 is 1.03 bits per heavy atom. The molecule has 0 unspecified atom stereocenters. The predicted molar refractivity (Wildman–Crippen MR) is 118 cm³/mol. The fourth-order valence-electron chi connectivity index (χ4n) is 3.80. The smallest absolute Gasteiger partial charge is 0.336 e. The van der Waals surface area contributed by atoms with Gasteiger partial charge in [-0.25, -0.2) is 4.79 Å². The Balaban J connectivity index is 1.66. The minimum Gasteiger partial charge on any atom is -0.497 e. The number of hydrogen-bond donors (Lipinski definition) is 0. The van der Waals surface area contributed by atoms with Crippen molar-refractivity contribution in [3.63, 3.8) is 0 Å². The Morgan fingerprint density at radius 3 is 2.53 bits per heavy atom. The molecular weight excluding hydrogens is 402 g/mol. The second kappa shape index (κ2) is 7.43. The van der Waals surface area contributed by atoms with Gasteiger partial charge in [0.1, 0.15) is 17.1 Å². The maximum atomic E-state index is 12.4. The molecule has 2 heterocycles. The van der Waals surface area contributed by atoms with E-state index in [1.807, 2.05) is 65.6 Å². The first-order chi connectivity index (χ1) is 14.6. The summed E-state index contributed by atoms with van der Waals surface area (Å²) in [6.45, 7) is 0.840. The van der Waals surface area contributed by atoms with Crippen LogP contribution >= 0.6 is 11.6 Å². The molecule has 0 aliphatic carbocycles. The molecule has 3 aromatic carbocycles. The van der Waals surface area contributed by atoms with Crippen LogP contribution in [0.2, 0.25) is 5.02 Å². The van der Waals surface area contributed by atoms with Crippen molar-refractivity contribution in [1.29, 1.82) is 0 Å². The average molecular weight is 420 g/mol. The summed E-state index contributed by atoms with van der Waals surface area (Å²) in [7, 11) is 1.63. The van der Waals surface area contributed by atoms with Crippen LogP contribution in [-0.4, -0.2) is 13.8 Å². The number of ether oxygens (including phenoxy) is 2. The van der Waals surface area contributed by atoms with E-state index < -0.39 is 5.63 Å². The second-order valence-corrected chi connectivity index (χ2v) is 7.46. The highest BCUT2D eigenvalue weighted by Crippen LogP contribution is 2.42. The van der Waals surface area contributed by atoms with Crippen molar-refractivity contribution in [2.45, 2.75) is 6.54 Å². The second-order valence-electron chi connectivity index (χ2n) is 7.06. The molecule has 5 rings (SSSR count). The Kier molecular flexibility index (Phi) is 4.60. The van der Waals surface area contributed by atoms with E-state index in [-0.39, 0.29) is 0 Å². The van der Waals surface area contributed by atoms with Gasteiger partial charge in [-0.15, -0.1) is 0 Å². The number of fused-ring (bicyclic) bond motifs is 3. The maximum absolute atomic E-state index is 12.4. The molecule has 0 bridgehead atoms. The quantitative estimate of drug-likeness (QED) is 0.412. The molecule has 1 aliphatic heterocycles. The molecule has 0 amide bonds. The van der Waals surface area contributed by atoms with Gasteiger partial charge in [-0.1, -0.05) is 41.9 Å². The molecule has 0 saturated heterocycles.